The number of hydrogen-bond donors (Lipinski definition) is 1. The predicted molar refractivity (Wildman–Crippen MR) is 96.6 cm³/mol. The van der Waals surface area contributed by atoms with E-state index in [2.05, 4.69) is 32.3 Å². The Labute approximate surface area is 151 Å². The third kappa shape index (κ3) is 3.32. The van der Waals surface area contributed by atoms with Crippen molar-refractivity contribution in [1.29, 1.82) is 0 Å². The van der Waals surface area contributed by atoms with Gasteiger partial charge < -0.3 is 4.90 Å². The standard InChI is InChI=1S/C17H22ClN5S/c18-14-7-5-13(6-8-14)16(22-9-11-24-12-10-22)17-19-20-21-23(17)15-3-1-2-4-15/h5-8,15-16H,1-4,9-12H2/p+1/t16-/m1/s1. The fraction of sp³-hybridized carbons (Fsp3) is 0.588. The van der Waals surface area contributed by atoms with E-state index in [0.29, 0.717) is 6.04 Å². The summed E-state index contributed by atoms with van der Waals surface area (Å²) in [7, 11) is 0. The monoisotopic (exact) mass is 364 g/mol. The molecular formula is C17H23ClN5S+. The van der Waals surface area contributed by atoms with Gasteiger partial charge in [0.2, 0.25) is 5.82 Å². The number of tetrazole rings is 1. The Kier molecular flexibility index (Phi) is 5.06. The molecule has 1 saturated heterocycles. The summed E-state index contributed by atoms with van der Waals surface area (Å²) in [5, 5.41) is 13.7. The Hall–Kier alpha value is -1.11. The second-order valence-electron chi connectivity index (χ2n) is 6.68. The fourth-order valence-corrected chi connectivity index (χ4v) is 5.09. The van der Waals surface area contributed by atoms with Crippen LogP contribution in [-0.2, 0) is 0 Å². The molecule has 1 aromatic heterocycles. The summed E-state index contributed by atoms with van der Waals surface area (Å²) < 4.78 is 2.11. The maximum absolute atomic E-state index is 6.11. The molecule has 0 spiro atoms. The Balaban J connectivity index is 1.72. The first-order chi connectivity index (χ1) is 11.8. The molecule has 5 nitrogen and oxygen atoms in total. The number of quaternary nitrogens is 1. The molecule has 2 aliphatic rings. The van der Waals surface area contributed by atoms with Crippen molar-refractivity contribution in [3.05, 3.63) is 40.7 Å². The van der Waals surface area contributed by atoms with Crippen LogP contribution in [0.15, 0.2) is 24.3 Å². The summed E-state index contributed by atoms with van der Waals surface area (Å²) in [6, 6.07) is 8.88. The number of halogens is 1. The number of rotatable bonds is 4. The molecule has 0 amide bonds. The smallest absolute Gasteiger partial charge is 0.214 e. The van der Waals surface area contributed by atoms with Crippen LogP contribution in [0.25, 0.3) is 0 Å². The third-order valence-electron chi connectivity index (χ3n) is 5.19. The van der Waals surface area contributed by atoms with Crippen LogP contribution in [0.4, 0.5) is 0 Å². The van der Waals surface area contributed by atoms with E-state index in [0.717, 1.165) is 23.9 Å². The second-order valence-corrected chi connectivity index (χ2v) is 8.34. The molecular weight excluding hydrogens is 342 g/mol. The first kappa shape index (κ1) is 16.4. The quantitative estimate of drug-likeness (QED) is 0.903. The van der Waals surface area contributed by atoms with Crippen LogP contribution in [0.5, 0.6) is 0 Å². The van der Waals surface area contributed by atoms with E-state index in [1.807, 2.05) is 23.9 Å². The predicted octanol–water partition coefficient (Wildman–Crippen LogP) is 2.16. The molecule has 1 N–H and O–H groups in total. The van der Waals surface area contributed by atoms with Gasteiger partial charge in [-0.05, 0) is 35.4 Å². The Bertz CT molecular complexity index is 662. The molecule has 1 aromatic carbocycles. The summed E-state index contributed by atoms with van der Waals surface area (Å²) >= 11 is 8.15. The van der Waals surface area contributed by atoms with Gasteiger partial charge >= 0.3 is 0 Å². The van der Waals surface area contributed by atoms with Crippen LogP contribution < -0.4 is 4.90 Å². The Morgan fingerprint density at radius 3 is 2.54 bits per heavy atom. The number of thioether (sulfide) groups is 1. The number of aromatic nitrogens is 4. The van der Waals surface area contributed by atoms with E-state index >= 15 is 0 Å². The molecule has 128 valence electrons. The van der Waals surface area contributed by atoms with Gasteiger partial charge in [0.15, 0.2) is 6.04 Å². The van der Waals surface area contributed by atoms with Crippen molar-refractivity contribution in [3.8, 4) is 0 Å². The average Bonchev–Trinajstić information content (AvgIpc) is 3.29. The zero-order valence-electron chi connectivity index (χ0n) is 13.7. The van der Waals surface area contributed by atoms with E-state index in [9.17, 15) is 0 Å². The normalized spacial score (nSPS) is 21.2. The molecule has 0 unspecified atom stereocenters. The van der Waals surface area contributed by atoms with Crippen LogP contribution in [0.1, 0.15) is 49.2 Å². The van der Waals surface area contributed by atoms with Gasteiger partial charge in [-0.2, -0.15) is 11.8 Å². The fourth-order valence-electron chi connectivity index (χ4n) is 3.94. The number of hydrogen-bond acceptors (Lipinski definition) is 4. The minimum atomic E-state index is 0.193. The molecule has 2 fully saturated rings. The zero-order chi connectivity index (χ0) is 16.4. The van der Waals surface area contributed by atoms with Gasteiger partial charge in [-0.15, -0.1) is 5.10 Å². The maximum Gasteiger partial charge on any atom is 0.214 e. The zero-order valence-corrected chi connectivity index (χ0v) is 15.3. The van der Waals surface area contributed by atoms with Crippen LogP contribution in [0.3, 0.4) is 0 Å². The molecule has 7 heteroatoms. The van der Waals surface area contributed by atoms with Gasteiger partial charge in [0.05, 0.1) is 19.1 Å². The molecule has 1 aliphatic carbocycles. The molecule has 2 aromatic rings. The van der Waals surface area contributed by atoms with E-state index in [4.69, 9.17) is 11.6 Å². The van der Waals surface area contributed by atoms with Gasteiger partial charge in [-0.25, -0.2) is 4.68 Å². The highest BCUT2D eigenvalue weighted by Crippen LogP contribution is 2.31. The van der Waals surface area contributed by atoms with Crippen LogP contribution in [-0.4, -0.2) is 44.8 Å². The van der Waals surface area contributed by atoms with Gasteiger partial charge in [0.1, 0.15) is 0 Å². The molecule has 24 heavy (non-hydrogen) atoms. The summed E-state index contributed by atoms with van der Waals surface area (Å²) in [5.41, 5.74) is 1.26. The van der Waals surface area contributed by atoms with Crippen LogP contribution in [0, 0.1) is 0 Å². The average molecular weight is 365 g/mol. The summed E-state index contributed by atoms with van der Waals surface area (Å²) in [5.74, 6) is 3.42. The second kappa shape index (κ2) is 7.42. The van der Waals surface area contributed by atoms with Crippen molar-refractivity contribution < 1.29 is 4.90 Å². The van der Waals surface area contributed by atoms with Crippen LogP contribution >= 0.6 is 23.4 Å². The van der Waals surface area contributed by atoms with Gasteiger partial charge in [0, 0.05) is 22.1 Å². The lowest BCUT2D eigenvalue weighted by Gasteiger charge is -2.31. The number of nitrogens with one attached hydrogen (secondary N) is 1. The van der Waals surface area contributed by atoms with Crippen molar-refractivity contribution in [3.63, 3.8) is 0 Å². The van der Waals surface area contributed by atoms with Crippen molar-refractivity contribution in [2.45, 2.75) is 37.8 Å². The van der Waals surface area contributed by atoms with Crippen molar-refractivity contribution >= 4 is 23.4 Å². The molecule has 0 bridgehead atoms. The first-order valence-electron chi connectivity index (χ1n) is 8.78. The maximum atomic E-state index is 6.11. The van der Waals surface area contributed by atoms with Gasteiger partial charge in [-0.1, -0.05) is 36.6 Å². The lowest BCUT2D eigenvalue weighted by molar-refractivity contribution is -0.922. The molecule has 0 radical (unpaired) electrons. The minimum absolute atomic E-state index is 0.193. The topological polar surface area (TPSA) is 48.0 Å². The molecule has 2 heterocycles. The lowest BCUT2D eigenvalue weighted by Crippen LogP contribution is -3.14. The third-order valence-corrected chi connectivity index (χ3v) is 6.43. The van der Waals surface area contributed by atoms with Crippen LogP contribution in [0.2, 0.25) is 5.02 Å². The van der Waals surface area contributed by atoms with Gasteiger partial charge in [0.25, 0.3) is 0 Å². The largest absolute Gasteiger partial charge is 0.321 e. The SMILES string of the molecule is Clc1ccc([C@H](c2nnnn2C2CCCC2)[NH+]2CCSCC2)cc1. The summed E-state index contributed by atoms with van der Waals surface area (Å²) in [6.45, 7) is 2.30. The number of nitrogens with zero attached hydrogens (tertiary/aromatic N) is 4. The Morgan fingerprint density at radius 2 is 1.83 bits per heavy atom. The van der Waals surface area contributed by atoms with E-state index in [1.54, 1.807) is 4.90 Å². The molecule has 4 rings (SSSR count). The minimum Gasteiger partial charge on any atom is -0.321 e. The van der Waals surface area contributed by atoms with E-state index in [1.165, 1.54) is 42.8 Å². The molecule has 1 saturated carbocycles. The molecule has 1 aliphatic heterocycles. The highest BCUT2D eigenvalue weighted by Gasteiger charge is 2.34. The first-order valence-corrected chi connectivity index (χ1v) is 10.3. The highest BCUT2D eigenvalue weighted by atomic mass is 35.5. The van der Waals surface area contributed by atoms with E-state index in [-0.39, 0.29) is 6.04 Å². The lowest BCUT2D eigenvalue weighted by atomic mass is 10.0. The summed E-state index contributed by atoms with van der Waals surface area (Å²) in [4.78, 5) is 1.56. The Morgan fingerprint density at radius 1 is 1.12 bits per heavy atom. The molecule has 1 atom stereocenters. The highest BCUT2D eigenvalue weighted by molar-refractivity contribution is 7.99. The number of benzene rings is 1. The van der Waals surface area contributed by atoms with E-state index < -0.39 is 0 Å². The summed E-state index contributed by atoms with van der Waals surface area (Å²) in [6.07, 6.45) is 4.94. The van der Waals surface area contributed by atoms with Crippen molar-refractivity contribution in [1.82, 2.24) is 20.2 Å². The van der Waals surface area contributed by atoms with Crippen molar-refractivity contribution in [2.24, 2.45) is 0 Å². The van der Waals surface area contributed by atoms with Crippen molar-refractivity contribution in [2.75, 3.05) is 24.6 Å². The van der Waals surface area contributed by atoms with Gasteiger partial charge in [-0.3, -0.25) is 0 Å².